The lowest BCUT2D eigenvalue weighted by atomic mass is 9.72. The van der Waals surface area contributed by atoms with E-state index in [1.165, 1.54) is 15.3 Å². The molecule has 1 aliphatic rings. The third-order valence-corrected chi connectivity index (χ3v) is 6.73. The minimum atomic E-state index is -0.0914. The fourth-order valence-electron chi connectivity index (χ4n) is 3.18. The fraction of sp³-hybridized carbons (Fsp3) is 0.474. The van der Waals surface area contributed by atoms with Crippen molar-refractivity contribution in [1.29, 1.82) is 0 Å². The van der Waals surface area contributed by atoms with Gasteiger partial charge >= 0.3 is 0 Å². The van der Waals surface area contributed by atoms with E-state index >= 15 is 0 Å². The first-order chi connectivity index (χ1) is 11.3. The van der Waals surface area contributed by atoms with E-state index in [1.54, 1.807) is 28.9 Å². The van der Waals surface area contributed by atoms with Gasteiger partial charge in [-0.2, -0.15) is 5.10 Å². The van der Waals surface area contributed by atoms with E-state index in [9.17, 15) is 4.79 Å². The number of rotatable bonds is 3. The summed E-state index contributed by atoms with van der Waals surface area (Å²) in [6.07, 6.45) is 4.96. The molecule has 0 radical (unpaired) electrons. The molecule has 2 aromatic heterocycles. The van der Waals surface area contributed by atoms with E-state index in [0.29, 0.717) is 11.3 Å². The molecule has 0 aliphatic heterocycles. The van der Waals surface area contributed by atoms with Crippen molar-refractivity contribution >= 4 is 34.8 Å². The van der Waals surface area contributed by atoms with Crippen molar-refractivity contribution in [2.75, 3.05) is 0 Å². The van der Waals surface area contributed by atoms with Crippen LogP contribution in [0.5, 0.6) is 0 Å². The van der Waals surface area contributed by atoms with E-state index in [-0.39, 0.29) is 5.91 Å². The zero-order valence-corrected chi connectivity index (χ0v) is 16.3. The molecule has 2 aromatic rings. The minimum Gasteiger partial charge on any atom is -0.267 e. The Labute approximate surface area is 151 Å². The Bertz CT molecular complexity index is 765. The molecule has 1 atom stereocenters. The summed E-state index contributed by atoms with van der Waals surface area (Å²) in [5, 5.41) is 6.10. The number of nitrogens with one attached hydrogen (secondary N) is 1. The van der Waals surface area contributed by atoms with E-state index in [1.807, 2.05) is 11.4 Å². The van der Waals surface area contributed by atoms with Gasteiger partial charge in [0.15, 0.2) is 0 Å². The number of carbonyl (C=O) groups is 1. The average Bonchev–Trinajstić information content (AvgIpc) is 3.11. The van der Waals surface area contributed by atoms with Gasteiger partial charge in [0, 0.05) is 20.0 Å². The number of hydrogen-bond donors (Lipinski definition) is 1. The van der Waals surface area contributed by atoms with Gasteiger partial charge in [-0.25, -0.2) is 5.43 Å². The molecule has 3 nitrogen and oxygen atoms in total. The van der Waals surface area contributed by atoms with Gasteiger partial charge in [0.25, 0.3) is 5.91 Å². The van der Waals surface area contributed by atoms with Crippen LogP contribution in [0.2, 0.25) is 0 Å². The highest BCUT2D eigenvalue weighted by Crippen LogP contribution is 2.40. The molecule has 0 saturated heterocycles. The predicted octanol–water partition coefficient (Wildman–Crippen LogP) is 5.03. The molecule has 0 spiro atoms. The summed E-state index contributed by atoms with van der Waals surface area (Å²) in [5.74, 6) is 0.603. The van der Waals surface area contributed by atoms with Crippen LogP contribution in [0.1, 0.15) is 57.7 Å². The summed E-state index contributed by atoms with van der Waals surface area (Å²) in [7, 11) is 0. The Morgan fingerprint density at radius 3 is 2.83 bits per heavy atom. The molecule has 5 heteroatoms. The predicted molar refractivity (Wildman–Crippen MR) is 103 cm³/mol. The number of aryl methyl sites for hydroxylation is 1. The average molecular weight is 361 g/mol. The van der Waals surface area contributed by atoms with E-state index < -0.39 is 0 Å². The third-order valence-electron chi connectivity index (χ3n) is 4.74. The molecule has 3 rings (SSSR count). The van der Waals surface area contributed by atoms with Crippen LogP contribution >= 0.6 is 22.7 Å². The molecule has 0 fully saturated rings. The molecule has 0 saturated carbocycles. The maximum Gasteiger partial charge on any atom is 0.272 e. The number of hydrogen-bond acceptors (Lipinski definition) is 4. The summed E-state index contributed by atoms with van der Waals surface area (Å²) in [6, 6.07) is 4.06. The maximum atomic E-state index is 12.4. The van der Waals surface area contributed by atoms with Crippen LogP contribution in [0, 0.1) is 18.3 Å². The first-order valence-electron chi connectivity index (χ1n) is 8.33. The van der Waals surface area contributed by atoms with Gasteiger partial charge in [0.1, 0.15) is 0 Å². The number of thiophene rings is 2. The number of nitrogens with zero attached hydrogens (tertiary/aromatic N) is 1. The highest BCUT2D eigenvalue weighted by molar-refractivity contribution is 7.13. The molecule has 1 aliphatic carbocycles. The van der Waals surface area contributed by atoms with E-state index in [0.717, 1.165) is 29.7 Å². The van der Waals surface area contributed by atoms with Gasteiger partial charge in [-0.3, -0.25) is 4.79 Å². The molecule has 128 valence electrons. The second kappa shape index (κ2) is 6.81. The Balaban J connectivity index is 1.67. The highest BCUT2D eigenvalue weighted by Gasteiger charge is 2.31. The summed E-state index contributed by atoms with van der Waals surface area (Å²) in [4.78, 5) is 16.1. The summed E-state index contributed by atoms with van der Waals surface area (Å²) in [6.45, 7) is 8.99. The monoisotopic (exact) mass is 360 g/mol. The molecule has 2 heterocycles. The lowest BCUT2D eigenvalue weighted by molar-refractivity contribution is 0.0954. The maximum absolute atomic E-state index is 12.4. The van der Waals surface area contributed by atoms with Crippen molar-refractivity contribution in [3.63, 3.8) is 0 Å². The second-order valence-electron chi connectivity index (χ2n) is 7.50. The molecule has 24 heavy (non-hydrogen) atoms. The second-order valence-corrected chi connectivity index (χ2v) is 9.79. The highest BCUT2D eigenvalue weighted by atomic mass is 32.1. The van der Waals surface area contributed by atoms with Crippen molar-refractivity contribution in [1.82, 2.24) is 5.43 Å². The molecule has 1 amide bonds. The van der Waals surface area contributed by atoms with Crippen LogP contribution in [-0.2, 0) is 12.8 Å². The zero-order chi connectivity index (χ0) is 17.3. The van der Waals surface area contributed by atoms with Gasteiger partial charge in [0.2, 0.25) is 0 Å². The van der Waals surface area contributed by atoms with Crippen LogP contribution in [0.25, 0.3) is 0 Å². The van der Waals surface area contributed by atoms with Crippen molar-refractivity contribution in [2.45, 2.75) is 47.0 Å². The van der Waals surface area contributed by atoms with Crippen LogP contribution < -0.4 is 5.43 Å². The summed E-state index contributed by atoms with van der Waals surface area (Å²) in [5.41, 5.74) is 5.05. The number of fused-ring (bicyclic) bond motifs is 1. The van der Waals surface area contributed by atoms with E-state index in [2.05, 4.69) is 44.3 Å². The van der Waals surface area contributed by atoms with Crippen molar-refractivity contribution < 1.29 is 4.79 Å². The lowest BCUT2D eigenvalue weighted by Gasteiger charge is -2.33. The fourth-order valence-corrected chi connectivity index (χ4v) is 5.09. The first-order valence-corrected chi connectivity index (χ1v) is 10.0. The first kappa shape index (κ1) is 17.4. The van der Waals surface area contributed by atoms with Crippen molar-refractivity contribution in [3.05, 3.63) is 43.3 Å². The SMILES string of the molecule is Cc1ccc(/C=N/NC(=O)c2csc3c2CC[C@H](C(C)(C)C)C3)s1. The van der Waals surface area contributed by atoms with Gasteiger partial charge in [-0.15, -0.1) is 22.7 Å². The number of amides is 1. The quantitative estimate of drug-likeness (QED) is 0.605. The van der Waals surface area contributed by atoms with Crippen molar-refractivity contribution in [2.24, 2.45) is 16.4 Å². The minimum absolute atomic E-state index is 0.0914. The van der Waals surface area contributed by atoms with Gasteiger partial charge < -0.3 is 0 Å². The molecule has 0 aromatic carbocycles. The molecule has 1 N–H and O–H groups in total. The van der Waals surface area contributed by atoms with E-state index in [4.69, 9.17) is 0 Å². The van der Waals surface area contributed by atoms with Crippen LogP contribution in [-0.4, -0.2) is 12.1 Å². The Kier molecular flexibility index (Phi) is 4.92. The third kappa shape index (κ3) is 3.78. The summed E-state index contributed by atoms with van der Waals surface area (Å²) >= 11 is 3.39. The zero-order valence-electron chi connectivity index (χ0n) is 14.7. The summed E-state index contributed by atoms with van der Waals surface area (Å²) < 4.78 is 0. The van der Waals surface area contributed by atoms with Crippen molar-refractivity contribution in [3.8, 4) is 0 Å². The largest absolute Gasteiger partial charge is 0.272 e. The van der Waals surface area contributed by atoms with Crippen LogP contribution in [0.3, 0.4) is 0 Å². The number of carbonyl (C=O) groups excluding carboxylic acids is 1. The van der Waals surface area contributed by atoms with Crippen LogP contribution in [0.15, 0.2) is 22.6 Å². The van der Waals surface area contributed by atoms with Gasteiger partial charge in [-0.05, 0) is 55.2 Å². The Morgan fingerprint density at radius 2 is 2.17 bits per heavy atom. The standard InChI is InChI=1S/C19H24N2OS2/c1-12-5-7-14(24-12)10-20-21-18(22)16-11-23-17-9-13(19(2,3)4)6-8-15(16)17/h5,7,10-11,13H,6,8-9H2,1-4H3,(H,21,22)/b20-10+/t13-/m0/s1. The molecular weight excluding hydrogens is 336 g/mol. The molecular formula is C19H24N2OS2. The molecule has 0 unspecified atom stereocenters. The Hall–Kier alpha value is -1.46. The van der Waals surface area contributed by atoms with Gasteiger partial charge in [0.05, 0.1) is 11.8 Å². The normalized spacial score (nSPS) is 17.9. The van der Waals surface area contributed by atoms with Gasteiger partial charge in [-0.1, -0.05) is 20.8 Å². The topological polar surface area (TPSA) is 41.5 Å². The molecule has 0 bridgehead atoms. The van der Waals surface area contributed by atoms with Crippen LogP contribution in [0.4, 0.5) is 0 Å². The Morgan fingerprint density at radius 1 is 1.38 bits per heavy atom. The smallest absolute Gasteiger partial charge is 0.267 e. The lowest BCUT2D eigenvalue weighted by Crippen LogP contribution is -2.27. The number of hydrazone groups is 1.